The van der Waals surface area contributed by atoms with Crippen molar-refractivity contribution in [3.05, 3.63) is 47.0 Å². The molecule has 1 heterocycles. The first-order valence-corrected chi connectivity index (χ1v) is 5.77. The average molecular weight is 246 g/mol. The van der Waals surface area contributed by atoms with E-state index in [0.29, 0.717) is 11.4 Å². The molecule has 18 heavy (non-hydrogen) atoms. The molecule has 0 unspecified atom stereocenters. The highest BCUT2D eigenvalue weighted by atomic mass is 19.1. The fourth-order valence-corrected chi connectivity index (χ4v) is 1.89. The van der Waals surface area contributed by atoms with Gasteiger partial charge in [-0.15, -0.1) is 0 Å². The molecular weight excluding hydrogens is 231 g/mol. The van der Waals surface area contributed by atoms with Crippen LogP contribution in [-0.2, 0) is 0 Å². The minimum Gasteiger partial charge on any atom is -0.389 e. The maximum atomic E-state index is 13.0. The standard InChI is InChI=1S/C14H15FN2O/c1-8-6-11(15)4-5-12(8)14-16-7-13(10(3)18)9(2)17-14/h4-7,10,18H,1-3H3/t10-/m0/s1. The summed E-state index contributed by atoms with van der Waals surface area (Å²) in [7, 11) is 0. The van der Waals surface area contributed by atoms with Gasteiger partial charge < -0.3 is 5.11 Å². The van der Waals surface area contributed by atoms with E-state index in [1.807, 2.05) is 13.8 Å². The lowest BCUT2D eigenvalue weighted by molar-refractivity contribution is 0.197. The highest BCUT2D eigenvalue weighted by Crippen LogP contribution is 2.23. The first-order chi connectivity index (χ1) is 8.49. The van der Waals surface area contributed by atoms with E-state index in [2.05, 4.69) is 9.97 Å². The van der Waals surface area contributed by atoms with Crippen LogP contribution in [0.2, 0.25) is 0 Å². The summed E-state index contributed by atoms with van der Waals surface area (Å²) in [6.07, 6.45) is 1.03. The maximum Gasteiger partial charge on any atom is 0.159 e. The number of aryl methyl sites for hydroxylation is 2. The molecule has 0 saturated carbocycles. The van der Waals surface area contributed by atoms with Crippen LogP contribution in [0.5, 0.6) is 0 Å². The summed E-state index contributed by atoms with van der Waals surface area (Å²) in [5, 5.41) is 9.53. The number of hydrogen-bond acceptors (Lipinski definition) is 3. The van der Waals surface area contributed by atoms with Crippen LogP contribution in [0.15, 0.2) is 24.4 Å². The third-order valence-electron chi connectivity index (χ3n) is 2.90. The van der Waals surface area contributed by atoms with E-state index in [-0.39, 0.29) is 5.82 Å². The van der Waals surface area contributed by atoms with Gasteiger partial charge in [-0.1, -0.05) is 0 Å². The molecule has 94 valence electrons. The Morgan fingerprint density at radius 1 is 1.28 bits per heavy atom. The van der Waals surface area contributed by atoms with Crippen molar-refractivity contribution in [3.8, 4) is 11.4 Å². The second kappa shape index (κ2) is 4.82. The van der Waals surface area contributed by atoms with Gasteiger partial charge >= 0.3 is 0 Å². The van der Waals surface area contributed by atoms with Crippen LogP contribution in [0.4, 0.5) is 4.39 Å². The summed E-state index contributed by atoms with van der Waals surface area (Å²) in [5.41, 5.74) is 3.04. The van der Waals surface area contributed by atoms with E-state index in [9.17, 15) is 9.50 Å². The Bertz CT molecular complexity index is 582. The fourth-order valence-electron chi connectivity index (χ4n) is 1.89. The largest absolute Gasteiger partial charge is 0.389 e. The van der Waals surface area contributed by atoms with Crippen molar-refractivity contribution in [2.24, 2.45) is 0 Å². The maximum absolute atomic E-state index is 13.0. The molecular formula is C14H15FN2O. The van der Waals surface area contributed by atoms with Crippen LogP contribution in [0.1, 0.15) is 29.8 Å². The van der Waals surface area contributed by atoms with Crippen LogP contribution >= 0.6 is 0 Å². The van der Waals surface area contributed by atoms with Crippen molar-refractivity contribution in [2.45, 2.75) is 26.9 Å². The normalized spacial score (nSPS) is 12.5. The molecule has 1 N–H and O–H groups in total. The highest BCUT2D eigenvalue weighted by molar-refractivity contribution is 5.60. The number of aliphatic hydroxyl groups is 1. The SMILES string of the molecule is Cc1cc(F)ccc1-c1ncc([C@H](C)O)c(C)n1. The molecule has 2 aromatic rings. The zero-order chi connectivity index (χ0) is 13.3. The van der Waals surface area contributed by atoms with Crippen molar-refractivity contribution in [1.29, 1.82) is 0 Å². The Morgan fingerprint density at radius 3 is 2.56 bits per heavy atom. The van der Waals surface area contributed by atoms with E-state index in [4.69, 9.17) is 0 Å². The number of nitrogens with zero attached hydrogens (tertiary/aromatic N) is 2. The van der Waals surface area contributed by atoms with Crippen LogP contribution in [-0.4, -0.2) is 15.1 Å². The third-order valence-corrected chi connectivity index (χ3v) is 2.90. The Labute approximate surface area is 105 Å². The number of halogens is 1. The first-order valence-electron chi connectivity index (χ1n) is 5.77. The van der Waals surface area contributed by atoms with Gasteiger partial charge in [-0.05, 0) is 44.5 Å². The molecule has 1 aromatic heterocycles. The van der Waals surface area contributed by atoms with Crippen molar-refractivity contribution in [2.75, 3.05) is 0 Å². The van der Waals surface area contributed by atoms with Gasteiger partial charge in [0.25, 0.3) is 0 Å². The lowest BCUT2D eigenvalue weighted by Crippen LogP contribution is -2.02. The molecule has 0 saturated heterocycles. The minimum atomic E-state index is -0.589. The number of hydrogen-bond donors (Lipinski definition) is 1. The Hall–Kier alpha value is -1.81. The molecule has 1 atom stereocenters. The van der Waals surface area contributed by atoms with E-state index in [0.717, 1.165) is 16.8 Å². The van der Waals surface area contributed by atoms with Gasteiger partial charge in [-0.25, -0.2) is 14.4 Å². The zero-order valence-corrected chi connectivity index (χ0v) is 10.6. The second-order valence-corrected chi connectivity index (χ2v) is 4.37. The molecule has 0 aliphatic heterocycles. The van der Waals surface area contributed by atoms with Gasteiger partial charge in [-0.2, -0.15) is 0 Å². The molecule has 0 spiro atoms. The molecule has 0 fully saturated rings. The summed E-state index contributed by atoms with van der Waals surface area (Å²) < 4.78 is 13.0. The Balaban J connectivity index is 2.49. The van der Waals surface area contributed by atoms with E-state index < -0.39 is 6.10 Å². The van der Waals surface area contributed by atoms with Gasteiger partial charge in [0.1, 0.15) is 5.82 Å². The van der Waals surface area contributed by atoms with Crippen molar-refractivity contribution in [3.63, 3.8) is 0 Å². The third kappa shape index (κ3) is 2.38. The van der Waals surface area contributed by atoms with Crippen molar-refractivity contribution >= 4 is 0 Å². The van der Waals surface area contributed by atoms with Crippen LogP contribution in [0.25, 0.3) is 11.4 Å². The Morgan fingerprint density at radius 2 is 2.00 bits per heavy atom. The predicted octanol–water partition coefficient (Wildman–Crippen LogP) is 2.95. The summed E-state index contributed by atoms with van der Waals surface area (Å²) in [6, 6.07) is 4.52. The molecule has 0 bridgehead atoms. The fraction of sp³-hybridized carbons (Fsp3) is 0.286. The molecule has 0 aliphatic carbocycles. The van der Waals surface area contributed by atoms with Gasteiger partial charge in [0.15, 0.2) is 5.82 Å². The number of aromatic nitrogens is 2. The molecule has 1 aromatic carbocycles. The quantitative estimate of drug-likeness (QED) is 0.886. The van der Waals surface area contributed by atoms with Crippen LogP contribution < -0.4 is 0 Å². The predicted molar refractivity (Wildman–Crippen MR) is 67.5 cm³/mol. The monoisotopic (exact) mass is 246 g/mol. The lowest BCUT2D eigenvalue weighted by atomic mass is 10.1. The number of aliphatic hydroxyl groups excluding tert-OH is 1. The molecule has 0 amide bonds. The second-order valence-electron chi connectivity index (χ2n) is 4.37. The molecule has 0 radical (unpaired) electrons. The highest BCUT2D eigenvalue weighted by Gasteiger charge is 2.11. The van der Waals surface area contributed by atoms with E-state index in [1.165, 1.54) is 12.1 Å². The van der Waals surface area contributed by atoms with E-state index in [1.54, 1.807) is 19.2 Å². The van der Waals surface area contributed by atoms with Gasteiger partial charge in [-0.3, -0.25) is 0 Å². The minimum absolute atomic E-state index is 0.270. The smallest absolute Gasteiger partial charge is 0.159 e. The molecule has 0 aliphatic rings. The number of benzene rings is 1. The van der Waals surface area contributed by atoms with Gasteiger partial charge in [0.2, 0.25) is 0 Å². The van der Waals surface area contributed by atoms with Crippen molar-refractivity contribution < 1.29 is 9.50 Å². The molecule has 4 heteroatoms. The number of rotatable bonds is 2. The van der Waals surface area contributed by atoms with Crippen molar-refractivity contribution in [1.82, 2.24) is 9.97 Å². The van der Waals surface area contributed by atoms with Gasteiger partial charge in [0.05, 0.1) is 6.10 Å². The van der Waals surface area contributed by atoms with Crippen LogP contribution in [0, 0.1) is 19.7 Å². The molecule has 2 rings (SSSR count). The van der Waals surface area contributed by atoms with Crippen LogP contribution in [0.3, 0.4) is 0 Å². The topological polar surface area (TPSA) is 46.0 Å². The van der Waals surface area contributed by atoms with E-state index >= 15 is 0 Å². The summed E-state index contributed by atoms with van der Waals surface area (Å²) in [6.45, 7) is 5.32. The zero-order valence-electron chi connectivity index (χ0n) is 10.6. The molecule has 3 nitrogen and oxygen atoms in total. The summed E-state index contributed by atoms with van der Waals surface area (Å²) >= 11 is 0. The first kappa shape index (κ1) is 12.6. The summed E-state index contributed by atoms with van der Waals surface area (Å²) in [5.74, 6) is 0.281. The lowest BCUT2D eigenvalue weighted by Gasteiger charge is -2.10. The summed E-state index contributed by atoms with van der Waals surface area (Å²) in [4.78, 5) is 8.59. The Kier molecular flexibility index (Phi) is 3.39. The average Bonchev–Trinajstić information content (AvgIpc) is 2.28. The van der Waals surface area contributed by atoms with Gasteiger partial charge in [0, 0.05) is 23.0 Å².